The zero-order valence-electron chi connectivity index (χ0n) is 14.2. The molecule has 5 rings (SSSR count). The molecule has 0 aliphatic carbocycles. The van der Waals surface area contributed by atoms with E-state index >= 15 is 0 Å². The molecule has 0 fully saturated rings. The van der Waals surface area contributed by atoms with E-state index in [9.17, 15) is 0 Å². The summed E-state index contributed by atoms with van der Waals surface area (Å²) >= 11 is 0. The first-order valence-electron chi connectivity index (χ1n) is 8.85. The van der Waals surface area contributed by atoms with Crippen molar-refractivity contribution in [1.82, 2.24) is 0 Å². The molecule has 2 aliphatic rings. The van der Waals surface area contributed by atoms with Crippen molar-refractivity contribution in [3.8, 4) is 11.5 Å². The molecule has 0 atom stereocenters. The van der Waals surface area contributed by atoms with Crippen molar-refractivity contribution in [3.63, 3.8) is 0 Å². The van der Waals surface area contributed by atoms with Crippen LogP contribution >= 0.6 is 0 Å². The van der Waals surface area contributed by atoms with Crippen molar-refractivity contribution in [1.29, 1.82) is 0 Å². The zero-order chi connectivity index (χ0) is 16.8. The lowest BCUT2D eigenvalue weighted by Gasteiger charge is -2.18. The van der Waals surface area contributed by atoms with E-state index in [1.54, 1.807) is 0 Å². The Morgan fingerprint density at radius 3 is 1.88 bits per heavy atom. The van der Waals surface area contributed by atoms with Gasteiger partial charge in [-0.2, -0.15) is 0 Å². The number of ether oxygens (including phenoxy) is 2. The quantitative estimate of drug-likeness (QED) is 0.700. The van der Waals surface area contributed by atoms with Crippen molar-refractivity contribution in [2.75, 3.05) is 13.2 Å². The molecule has 3 nitrogen and oxygen atoms in total. The van der Waals surface area contributed by atoms with E-state index in [0.717, 1.165) is 49.1 Å². The summed E-state index contributed by atoms with van der Waals surface area (Å²) in [4.78, 5) is 0. The Labute approximate surface area is 147 Å². The van der Waals surface area contributed by atoms with Gasteiger partial charge in [-0.1, -0.05) is 24.3 Å². The molecule has 0 saturated carbocycles. The van der Waals surface area contributed by atoms with Gasteiger partial charge in [-0.3, -0.25) is 0 Å². The Morgan fingerprint density at radius 1 is 0.760 bits per heavy atom. The van der Waals surface area contributed by atoms with Gasteiger partial charge >= 0.3 is 0 Å². The standard InChI is InChI=1S/C22H20O3/c1-14-2-5-21(25-14)22(17-3-6-19-15(12-17)8-10-23-19)18-4-7-20-16(13-18)9-11-24-20/h2-7,12-13,22H,8-11H2,1H3. The van der Waals surface area contributed by atoms with Crippen LogP contribution in [0.2, 0.25) is 0 Å². The highest BCUT2D eigenvalue weighted by Gasteiger charge is 2.24. The molecule has 3 heteroatoms. The molecule has 3 aromatic rings. The second kappa shape index (κ2) is 5.69. The molecule has 126 valence electrons. The van der Waals surface area contributed by atoms with Crippen LogP contribution in [-0.4, -0.2) is 13.2 Å². The van der Waals surface area contributed by atoms with E-state index in [1.165, 1.54) is 22.3 Å². The van der Waals surface area contributed by atoms with Crippen LogP contribution in [0.4, 0.5) is 0 Å². The van der Waals surface area contributed by atoms with E-state index in [0.29, 0.717) is 0 Å². The minimum atomic E-state index is 0.0884. The largest absolute Gasteiger partial charge is 0.493 e. The zero-order valence-corrected chi connectivity index (χ0v) is 14.2. The fourth-order valence-electron chi connectivity index (χ4n) is 3.90. The molecule has 0 radical (unpaired) electrons. The fourth-order valence-corrected chi connectivity index (χ4v) is 3.90. The maximum absolute atomic E-state index is 6.03. The van der Waals surface area contributed by atoms with Gasteiger partial charge in [0, 0.05) is 12.8 Å². The van der Waals surface area contributed by atoms with Crippen LogP contribution < -0.4 is 9.47 Å². The van der Waals surface area contributed by atoms with Crippen molar-refractivity contribution in [2.45, 2.75) is 25.7 Å². The predicted molar refractivity (Wildman–Crippen MR) is 95.7 cm³/mol. The fraction of sp³-hybridized carbons (Fsp3) is 0.273. The Kier molecular flexibility index (Phi) is 3.34. The molecule has 2 aliphatic heterocycles. The van der Waals surface area contributed by atoms with Crippen LogP contribution in [0.15, 0.2) is 52.9 Å². The van der Waals surface area contributed by atoms with Gasteiger partial charge in [-0.15, -0.1) is 0 Å². The monoisotopic (exact) mass is 332 g/mol. The maximum Gasteiger partial charge on any atom is 0.122 e. The second-order valence-corrected chi connectivity index (χ2v) is 6.81. The highest BCUT2D eigenvalue weighted by Crippen LogP contribution is 2.38. The number of hydrogen-bond donors (Lipinski definition) is 0. The van der Waals surface area contributed by atoms with Crippen LogP contribution in [0.25, 0.3) is 0 Å². The Hall–Kier alpha value is -2.68. The molecule has 2 aromatic carbocycles. The third-order valence-electron chi connectivity index (χ3n) is 5.14. The van der Waals surface area contributed by atoms with E-state index in [1.807, 2.05) is 13.0 Å². The Morgan fingerprint density at radius 2 is 1.36 bits per heavy atom. The SMILES string of the molecule is Cc1ccc(C(c2ccc3c(c2)CCO3)c2ccc3c(c2)CCO3)o1. The summed E-state index contributed by atoms with van der Waals surface area (Å²) in [5, 5.41) is 0. The normalized spacial score (nSPS) is 15.0. The summed E-state index contributed by atoms with van der Waals surface area (Å²) in [5.74, 6) is 4.04. The molecule has 25 heavy (non-hydrogen) atoms. The van der Waals surface area contributed by atoms with Crippen molar-refractivity contribution >= 4 is 0 Å². The lowest BCUT2D eigenvalue weighted by atomic mass is 9.87. The molecule has 0 amide bonds. The average molecular weight is 332 g/mol. The van der Waals surface area contributed by atoms with Crippen LogP contribution in [0, 0.1) is 6.92 Å². The van der Waals surface area contributed by atoms with Gasteiger partial charge in [-0.05, 0) is 53.4 Å². The van der Waals surface area contributed by atoms with Gasteiger partial charge in [0.25, 0.3) is 0 Å². The first kappa shape index (κ1) is 14.6. The third kappa shape index (κ3) is 2.51. The summed E-state index contributed by atoms with van der Waals surface area (Å²) in [6, 6.07) is 17.2. The number of rotatable bonds is 3. The van der Waals surface area contributed by atoms with E-state index in [4.69, 9.17) is 13.9 Å². The molecule has 1 aromatic heterocycles. The van der Waals surface area contributed by atoms with Crippen molar-refractivity contribution in [3.05, 3.63) is 82.3 Å². The predicted octanol–water partition coefficient (Wildman–Crippen LogP) is 4.64. The van der Waals surface area contributed by atoms with Gasteiger partial charge in [0.2, 0.25) is 0 Å². The summed E-state index contributed by atoms with van der Waals surface area (Å²) in [7, 11) is 0. The molecule has 3 heterocycles. The van der Waals surface area contributed by atoms with Crippen LogP contribution in [0.1, 0.15) is 39.7 Å². The number of aryl methyl sites for hydroxylation is 1. The summed E-state index contributed by atoms with van der Waals surface area (Å²) in [5.41, 5.74) is 5.07. The smallest absolute Gasteiger partial charge is 0.122 e. The maximum atomic E-state index is 6.03. The Bertz CT molecular complexity index is 881. The van der Waals surface area contributed by atoms with E-state index in [-0.39, 0.29) is 5.92 Å². The lowest BCUT2D eigenvalue weighted by molar-refractivity contribution is 0.356. The minimum Gasteiger partial charge on any atom is -0.493 e. The van der Waals surface area contributed by atoms with Crippen LogP contribution in [0.5, 0.6) is 11.5 Å². The van der Waals surface area contributed by atoms with Gasteiger partial charge in [0.05, 0.1) is 19.1 Å². The Balaban J connectivity index is 1.64. The summed E-state index contributed by atoms with van der Waals surface area (Å²) < 4.78 is 17.4. The van der Waals surface area contributed by atoms with E-state index < -0.39 is 0 Å². The summed E-state index contributed by atoms with van der Waals surface area (Å²) in [6.07, 6.45) is 1.95. The molecule has 0 unspecified atom stereocenters. The van der Waals surface area contributed by atoms with Gasteiger partial charge in [0.15, 0.2) is 0 Å². The first-order valence-corrected chi connectivity index (χ1v) is 8.85. The van der Waals surface area contributed by atoms with Crippen LogP contribution in [-0.2, 0) is 12.8 Å². The number of benzene rings is 2. The van der Waals surface area contributed by atoms with Crippen LogP contribution in [0.3, 0.4) is 0 Å². The van der Waals surface area contributed by atoms with Crippen molar-refractivity contribution in [2.24, 2.45) is 0 Å². The number of fused-ring (bicyclic) bond motifs is 2. The highest BCUT2D eigenvalue weighted by atomic mass is 16.5. The second-order valence-electron chi connectivity index (χ2n) is 6.81. The molecule has 0 bridgehead atoms. The first-order chi connectivity index (χ1) is 12.3. The average Bonchev–Trinajstić information content (AvgIpc) is 3.35. The van der Waals surface area contributed by atoms with Gasteiger partial charge in [-0.25, -0.2) is 0 Å². The molecule has 0 saturated heterocycles. The minimum absolute atomic E-state index is 0.0884. The van der Waals surface area contributed by atoms with E-state index in [2.05, 4.69) is 42.5 Å². The lowest BCUT2D eigenvalue weighted by Crippen LogP contribution is -2.03. The van der Waals surface area contributed by atoms with Crippen molar-refractivity contribution < 1.29 is 13.9 Å². The summed E-state index contributed by atoms with van der Waals surface area (Å²) in [6.45, 7) is 3.55. The molecular weight excluding hydrogens is 312 g/mol. The van der Waals surface area contributed by atoms with Gasteiger partial charge in [0.1, 0.15) is 23.0 Å². The molecular formula is C22H20O3. The highest BCUT2D eigenvalue weighted by molar-refractivity contribution is 5.49. The topological polar surface area (TPSA) is 31.6 Å². The van der Waals surface area contributed by atoms with Gasteiger partial charge < -0.3 is 13.9 Å². The molecule has 0 N–H and O–H groups in total. The molecule has 0 spiro atoms. The number of furan rings is 1. The number of hydrogen-bond acceptors (Lipinski definition) is 3. The third-order valence-corrected chi connectivity index (χ3v) is 5.14.